The van der Waals surface area contributed by atoms with Crippen LogP contribution in [-0.4, -0.2) is 104 Å². The summed E-state index contributed by atoms with van der Waals surface area (Å²) in [6.45, 7) is 1.84. The fraction of sp³-hybridized carbons (Fsp3) is 0.364. The Hall–Kier alpha value is -2.45. The van der Waals surface area contributed by atoms with Gasteiger partial charge in [0.25, 0.3) is 5.91 Å². The molecule has 1 fully saturated rings. The molecule has 3 aromatic rings. The number of aryl methyl sites for hydroxylation is 1. The molecule has 1 N–H and O–H groups in total. The predicted octanol–water partition coefficient (Wildman–Crippen LogP) is -0.207. The van der Waals surface area contributed by atoms with Crippen LogP contribution in [0.3, 0.4) is 0 Å². The van der Waals surface area contributed by atoms with E-state index in [0.717, 1.165) is 17.7 Å². The SMILES string of the molecule is [B]C1([B])C(Cc2c(-c3c(F)cc(C(=O)NC)cc3F)nc3cc(C)ccn23)OC([B])([B])C([B])([B])N1C. The van der Waals surface area contributed by atoms with Gasteiger partial charge in [-0.2, -0.15) is 0 Å². The number of halogens is 2. The number of nitrogens with one attached hydrogen (secondary N) is 1. The van der Waals surface area contributed by atoms with E-state index < -0.39 is 45.3 Å². The number of likely N-dealkylation sites (N-methyl/N-ethyl adjacent to an activating group) is 1. The molecule has 0 saturated carbocycles. The van der Waals surface area contributed by atoms with E-state index in [9.17, 15) is 4.79 Å². The van der Waals surface area contributed by atoms with Crippen molar-refractivity contribution in [2.75, 3.05) is 14.1 Å². The molecular weight excluding hydrogens is 455 g/mol. The molecule has 6 nitrogen and oxygen atoms in total. The second-order valence-corrected chi connectivity index (χ2v) is 9.11. The average Bonchev–Trinajstić information content (AvgIpc) is 3.12. The Balaban J connectivity index is 1.90. The minimum absolute atomic E-state index is 0.0434. The summed E-state index contributed by atoms with van der Waals surface area (Å²) in [6, 6.07) is 5.38. The van der Waals surface area contributed by atoms with Crippen LogP contribution in [0.15, 0.2) is 30.5 Å². The van der Waals surface area contributed by atoms with Crippen molar-refractivity contribution in [3.8, 4) is 11.3 Å². The standard InChI is InChI=1S/C22H18B6F2N4O2/c1-10-4-5-34-14(9-15-20(23,24)33(3)21(25,26)22(27,28)36-15)18(32-16(34)6-10)17-12(29)7-11(8-13(17)30)19(35)31-2/h4-8,15H,9H2,1-3H3,(H,31,35). The summed E-state index contributed by atoms with van der Waals surface area (Å²) in [4.78, 5) is 17.6. The Morgan fingerprint density at radius 2 is 1.75 bits per heavy atom. The van der Waals surface area contributed by atoms with Crippen LogP contribution in [0.1, 0.15) is 21.6 Å². The highest BCUT2D eigenvalue weighted by Crippen LogP contribution is 2.38. The van der Waals surface area contributed by atoms with Gasteiger partial charge in [-0.3, -0.25) is 4.79 Å². The highest BCUT2D eigenvalue weighted by atomic mass is 19.1. The number of nitrogens with zero attached hydrogens (tertiary/aromatic N) is 3. The molecule has 0 bridgehead atoms. The van der Waals surface area contributed by atoms with Gasteiger partial charge in [-0.15, -0.1) is 0 Å². The van der Waals surface area contributed by atoms with Crippen LogP contribution in [-0.2, 0) is 11.2 Å². The third kappa shape index (κ3) is 4.12. The molecule has 1 aliphatic heterocycles. The number of hydrogen-bond donors (Lipinski definition) is 1. The summed E-state index contributed by atoms with van der Waals surface area (Å²) in [5, 5.41) is -3.49. The smallest absolute Gasteiger partial charge is 0.251 e. The van der Waals surface area contributed by atoms with E-state index in [1.165, 1.54) is 19.0 Å². The van der Waals surface area contributed by atoms with Gasteiger partial charge in [-0.25, -0.2) is 13.8 Å². The van der Waals surface area contributed by atoms with E-state index in [-0.39, 0.29) is 17.7 Å². The second-order valence-electron chi connectivity index (χ2n) is 9.11. The summed E-state index contributed by atoms with van der Waals surface area (Å²) < 4.78 is 37.9. The summed E-state index contributed by atoms with van der Waals surface area (Å²) in [5.41, 5.74) is 0.889. The first-order valence-corrected chi connectivity index (χ1v) is 11.0. The van der Waals surface area contributed by atoms with Gasteiger partial charge in [0.15, 0.2) is 0 Å². The zero-order chi connectivity index (χ0) is 26.8. The number of amides is 1. The lowest BCUT2D eigenvalue weighted by Crippen LogP contribution is -2.80. The molecule has 1 atom stereocenters. The molecule has 1 saturated heterocycles. The lowest BCUT2D eigenvalue weighted by Gasteiger charge is -2.65. The number of ether oxygens (including phenoxy) is 1. The van der Waals surface area contributed by atoms with Crippen molar-refractivity contribution in [2.24, 2.45) is 0 Å². The highest BCUT2D eigenvalue weighted by Gasteiger charge is 2.52. The maximum absolute atomic E-state index is 15.3. The number of rotatable bonds is 4. The quantitative estimate of drug-likeness (QED) is 0.534. The topological polar surface area (TPSA) is 58.9 Å². The van der Waals surface area contributed by atoms with Crippen LogP contribution in [0.2, 0.25) is 0 Å². The van der Waals surface area contributed by atoms with Crippen LogP contribution in [0, 0.1) is 18.6 Å². The molecule has 4 rings (SSSR count). The number of imidazole rings is 1. The second kappa shape index (κ2) is 8.84. The summed E-state index contributed by atoms with van der Waals surface area (Å²) >= 11 is 0. The molecule has 14 heteroatoms. The Labute approximate surface area is 216 Å². The van der Waals surface area contributed by atoms with Crippen molar-refractivity contribution in [3.05, 3.63) is 58.9 Å². The van der Waals surface area contributed by atoms with Gasteiger partial charge in [-0.1, -0.05) is 0 Å². The molecule has 1 aliphatic rings. The Bertz CT molecular complexity index is 1340. The fourth-order valence-corrected chi connectivity index (χ4v) is 4.27. The van der Waals surface area contributed by atoms with Gasteiger partial charge in [0.05, 0.1) is 70.1 Å². The van der Waals surface area contributed by atoms with Gasteiger partial charge in [0.2, 0.25) is 0 Å². The van der Waals surface area contributed by atoms with E-state index in [4.69, 9.17) is 51.8 Å². The number of pyridine rings is 1. The van der Waals surface area contributed by atoms with E-state index in [2.05, 4.69) is 10.3 Å². The Morgan fingerprint density at radius 3 is 2.33 bits per heavy atom. The number of fused-ring (bicyclic) bond motifs is 1. The van der Waals surface area contributed by atoms with Crippen molar-refractivity contribution in [2.45, 2.75) is 35.5 Å². The van der Waals surface area contributed by atoms with Crippen LogP contribution in [0.4, 0.5) is 8.78 Å². The lowest BCUT2D eigenvalue weighted by atomic mass is 9.36. The zero-order valence-electron chi connectivity index (χ0n) is 20.0. The van der Waals surface area contributed by atoms with Crippen LogP contribution in [0.5, 0.6) is 0 Å². The van der Waals surface area contributed by atoms with Crippen LogP contribution < -0.4 is 5.32 Å². The number of morpholine rings is 1. The molecule has 0 aliphatic carbocycles. The molecule has 0 spiro atoms. The van der Waals surface area contributed by atoms with Gasteiger partial charge < -0.3 is 19.4 Å². The molecule has 3 heterocycles. The predicted molar refractivity (Wildman–Crippen MR) is 138 cm³/mol. The third-order valence-corrected chi connectivity index (χ3v) is 6.64. The Kier molecular flexibility index (Phi) is 6.53. The Morgan fingerprint density at radius 1 is 1.14 bits per heavy atom. The van der Waals surface area contributed by atoms with Crippen molar-refractivity contribution in [1.82, 2.24) is 19.6 Å². The minimum Gasteiger partial charge on any atom is -0.390 e. The third-order valence-electron chi connectivity index (χ3n) is 6.64. The van der Waals surface area contributed by atoms with Crippen LogP contribution >= 0.6 is 0 Å². The average molecular weight is 473 g/mol. The first kappa shape index (κ1) is 26.6. The summed E-state index contributed by atoms with van der Waals surface area (Å²) in [5.74, 6) is -2.62. The maximum atomic E-state index is 15.3. The normalized spacial score (nSPS) is 20.9. The number of carbonyl (C=O) groups is 1. The van der Waals surface area contributed by atoms with Gasteiger partial charge >= 0.3 is 0 Å². The molecule has 1 unspecified atom stereocenters. The monoisotopic (exact) mass is 474 g/mol. The summed E-state index contributed by atoms with van der Waals surface area (Å²) in [7, 11) is 39.7. The molecule has 1 aromatic carbocycles. The molecule has 1 amide bonds. The lowest BCUT2D eigenvalue weighted by molar-refractivity contribution is -0.115. The first-order valence-electron chi connectivity index (χ1n) is 11.0. The highest BCUT2D eigenvalue weighted by molar-refractivity contribution is 6.55. The molecule has 12 radical (unpaired) electrons. The van der Waals surface area contributed by atoms with E-state index in [1.54, 1.807) is 22.7 Å². The number of aromatic nitrogens is 2. The number of carbonyl (C=O) groups excluding carboxylic acids is 1. The number of benzene rings is 1. The van der Waals surface area contributed by atoms with Gasteiger partial charge in [0.1, 0.15) is 17.3 Å². The van der Waals surface area contributed by atoms with Crippen molar-refractivity contribution in [1.29, 1.82) is 0 Å². The number of hydrogen-bond acceptors (Lipinski definition) is 4. The summed E-state index contributed by atoms with van der Waals surface area (Å²) in [6.07, 6.45) is 0.397. The molecular formula is C22H18B6F2N4O2. The van der Waals surface area contributed by atoms with E-state index >= 15 is 8.78 Å². The van der Waals surface area contributed by atoms with E-state index in [1.807, 2.05) is 6.92 Å². The van der Waals surface area contributed by atoms with Gasteiger partial charge in [-0.05, 0) is 59.9 Å². The molecule has 170 valence electrons. The zero-order valence-corrected chi connectivity index (χ0v) is 20.0. The minimum atomic E-state index is -2.09. The van der Waals surface area contributed by atoms with Crippen molar-refractivity contribution >= 4 is 58.6 Å². The first-order chi connectivity index (χ1) is 16.6. The molecule has 36 heavy (non-hydrogen) atoms. The van der Waals surface area contributed by atoms with Gasteiger partial charge in [0, 0.05) is 25.2 Å². The van der Waals surface area contributed by atoms with Crippen molar-refractivity contribution in [3.63, 3.8) is 0 Å². The molecule has 2 aromatic heterocycles. The maximum Gasteiger partial charge on any atom is 0.251 e. The largest absolute Gasteiger partial charge is 0.390 e. The van der Waals surface area contributed by atoms with Crippen LogP contribution in [0.25, 0.3) is 16.9 Å². The van der Waals surface area contributed by atoms with E-state index in [0.29, 0.717) is 11.3 Å². The fourth-order valence-electron chi connectivity index (χ4n) is 4.27. The van der Waals surface area contributed by atoms with Crippen molar-refractivity contribution < 1.29 is 18.3 Å².